The minimum absolute atomic E-state index is 0.592. The summed E-state index contributed by atoms with van der Waals surface area (Å²) >= 11 is 0. The zero-order valence-electron chi connectivity index (χ0n) is 15.7. The number of guanidine groups is 1. The van der Waals surface area contributed by atoms with Crippen molar-refractivity contribution in [2.24, 2.45) is 4.99 Å². The van der Waals surface area contributed by atoms with Crippen molar-refractivity contribution in [2.45, 2.75) is 33.2 Å². The average molecular weight is 352 g/mol. The van der Waals surface area contributed by atoms with Crippen LogP contribution in [-0.4, -0.2) is 57.6 Å². The van der Waals surface area contributed by atoms with Crippen molar-refractivity contribution < 1.29 is 14.2 Å². The zero-order valence-corrected chi connectivity index (χ0v) is 15.7. The van der Waals surface area contributed by atoms with Gasteiger partial charge in [0.25, 0.3) is 0 Å². The molecule has 1 aromatic rings. The SMILES string of the molecule is CCCCOCCOCCNC(=NC)NCc1cccnc1OCC. The summed E-state index contributed by atoms with van der Waals surface area (Å²) in [6, 6.07) is 3.88. The first-order valence-corrected chi connectivity index (χ1v) is 8.98. The van der Waals surface area contributed by atoms with E-state index in [0.717, 1.165) is 25.0 Å². The molecular weight excluding hydrogens is 320 g/mol. The molecular formula is C18H32N4O3. The number of unbranched alkanes of at least 4 members (excludes halogenated alkanes) is 1. The van der Waals surface area contributed by atoms with Gasteiger partial charge in [0.05, 0.1) is 26.4 Å². The van der Waals surface area contributed by atoms with E-state index in [4.69, 9.17) is 14.2 Å². The number of nitrogens with one attached hydrogen (secondary N) is 2. The van der Waals surface area contributed by atoms with Gasteiger partial charge in [-0.2, -0.15) is 0 Å². The first-order valence-electron chi connectivity index (χ1n) is 8.98. The molecule has 1 heterocycles. The lowest BCUT2D eigenvalue weighted by molar-refractivity contribution is 0.0487. The van der Waals surface area contributed by atoms with Gasteiger partial charge >= 0.3 is 0 Å². The van der Waals surface area contributed by atoms with Gasteiger partial charge in [-0.1, -0.05) is 19.4 Å². The molecule has 0 aliphatic heterocycles. The topological polar surface area (TPSA) is 77.0 Å². The van der Waals surface area contributed by atoms with E-state index < -0.39 is 0 Å². The fraction of sp³-hybridized carbons (Fsp3) is 0.667. The fourth-order valence-corrected chi connectivity index (χ4v) is 2.03. The number of ether oxygens (including phenoxy) is 3. The molecule has 0 saturated carbocycles. The largest absolute Gasteiger partial charge is 0.478 e. The van der Waals surface area contributed by atoms with Crippen LogP contribution in [0.1, 0.15) is 32.3 Å². The van der Waals surface area contributed by atoms with Crippen molar-refractivity contribution in [1.29, 1.82) is 0 Å². The molecule has 0 atom stereocenters. The summed E-state index contributed by atoms with van der Waals surface area (Å²) in [6.45, 7) is 8.64. The zero-order chi connectivity index (χ0) is 18.2. The highest BCUT2D eigenvalue weighted by Gasteiger charge is 2.05. The van der Waals surface area contributed by atoms with Crippen LogP contribution in [-0.2, 0) is 16.0 Å². The number of aliphatic imine (C=N–C) groups is 1. The minimum atomic E-state index is 0.592. The summed E-state index contributed by atoms with van der Waals surface area (Å²) in [7, 11) is 1.74. The first kappa shape index (κ1) is 21.2. The third-order valence-corrected chi connectivity index (χ3v) is 3.35. The first-order chi connectivity index (χ1) is 12.3. The molecule has 0 aromatic carbocycles. The Hall–Kier alpha value is -1.86. The van der Waals surface area contributed by atoms with Gasteiger partial charge in [-0.15, -0.1) is 0 Å². The Balaban J connectivity index is 2.17. The highest BCUT2D eigenvalue weighted by atomic mass is 16.5. The summed E-state index contributed by atoms with van der Waals surface area (Å²) in [6.07, 6.45) is 3.98. The molecule has 0 aliphatic carbocycles. The van der Waals surface area contributed by atoms with Crippen molar-refractivity contribution in [3.05, 3.63) is 23.9 Å². The number of rotatable bonds is 13. The molecule has 0 fully saturated rings. The number of pyridine rings is 1. The Bertz CT molecular complexity index is 483. The Morgan fingerprint density at radius 3 is 2.64 bits per heavy atom. The summed E-state index contributed by atoms with van der Waals surface area (Å²) in [5, 5.41) is 6.46. The van der Waals surface area contributed by atoms with Gasteiger partial charge in [0, 0.05) is 38.5 Å². The number of aromatic nitrogens is 1. The second kappa shape index (κ2) is 14.5. The van der Waals surface area contributed by atoms with Gasteiger partial charge in [0.15, 0.2) is 5.96 Å². The molecule has 1 rings (SSSR count). The summed E-state index contributed by atoms with van der Waals surface area (Å²) in [5.41, 5.74) is 0.993. The molecule has 0 amide bonds. The molecule has 25 heavy (non-hydrogen) atoms. The molecule has 0 aliphatic rings. The highest BCUT2D eigenvalue weighted by molar-refractivity contribution is 5.79. The molecule has 0 bridgehead atoms. The van der Waals surface area contributed by atoms with E-state index in [1.807, 2.05) is 19.1 Å². The maximum Gasteiger partial charge on any atom is 0.218 e. The average Bonchev–Trinajstić information content (AvgIpc) is 2.64. The predicted octanol–water partition coefficient (Wildman–Crippen LogP) is 1.98. The van der Waals surface area contributed by atoms with Gasteiger partial charge in [-0.05, 0) is 19.4 Å². The number of nitrogens with zero attached hydrogens (tertiary/aromatic N) is 2. The predicted molar refractivity (Wildman–Crippen MR) is 100 cm³/mol. The quantitative estimate of drug-likeness (QED) is 0.321. The van der Waals surface area contributed by atoms with Crippen LogP contribution in [0.25, 0.3) is 0 Å². The molecule has 7 nitrogen and oxygen atoms in total. The van der Waals surface area contributed by atoms with Gasteiger partial charge in [0.2, 0.25) is 5.88 Å². The Morgan fingerprint density at radius 2 is 1.92 bits per heavy atom. The molecule has 7 heteroatoms. The van der Waals surface area contributed by atoms with Crippen LogP contribution in [0.4, 0.5) is 0 Å². The van der Waals surface area contributed by atoms with Crippen molar-refractivity contribution in [3.8, 4) is 5.88 Å². The van der Waals surface area contributed by atoms with Crippen molar-refractivity contribution in [2.75, 3.05) is 46.6 Å². The normalized spacial score (nSPS) is 11.4. The van der Waals surface area contributed by atoms with Crippen LogP contribution in [0.2, 0.25) is 0 Å². The van der Waals surface area contributed by atoms with Crippen LogP contribution in [0.5, 0.6) is 5.88 Å². The van der Waals surface area contributed by atoms with E-state index in [2.05, 4.69) is 27.5 Å². The molecule has 1 aromatic heterocycles. The molecule has 0 unspecified atom stereocenters. The Labute approximate surface area is 151 Å². The van der Waals surface area contributed by atoms with Crippen LogP contribution in [0, 0.1) is 0 Å². The van der Waals surface area contributed by atoms with E-state index in [-0.39, 0.29) is 0 Å². The van der Waals surface area contributed by atoms with Gasteiger partial charge in [-0.3, -0.25) is 4.99 Å². The lowest BCUT2D eigenvalue weighted by Crippen LogP contribution is -2.38. The maximum absolute atomic E-state index is 5.52. The standard InChI is InChI=1S/C18H32N4O3/c1-4-6-11-23-13-14-24-12-10-21-18(19-3)22-15-16-8-7-9-20-17(16)25-5-2/h7-9H,4-6,10-15H2,1-3H3,(H2,19,21,22). The fourth-order valence-electron chi connectivity index (χ4n) is 2.03. The van der Waals surface area contributed by atoms with Crippen LogP contribution >= 0.6 is 0 Å². The van der Waals surface area contributed by atoms with Crippen LogP contribution in [0.15, 0.2) is 23.3 Å². The van der Waals surface area contributed by atoms with Crippen molar-refractivity contribution >= 4 is 5.96 Å². The second-order valence-corrected chi connectivity index (χ2v) is 5.33. The summed E-state index contributed by atoms with van der Waals surface area (Å²) < 4.78 is 16.5. The molecule has 0 spiro atoms. The van der Waals surface area contributed by atoms with Crippen molar-refractivity contribution in [1.82, 2.24) is 15.6 Å². The van der Waals surface area contributed by atoms with Gasteiger partial charge in [0.1, 0.15) is 0 Å². The lowest BCUT2D eigenvalue weighted by atomic mass is 10.2. The Morgan fingerprint density at radius 1 is 1.12 bits per heavy atom. The van der Waals surface area contributed by atoms with E-state index in [1.54, 1.807) is 13.2 Å². The summed E-state index contributed by atoms with van der Waals surface area (Å²) in [4.78, 5) is 8.44. The minimum Gasteiger partial charge on any atom is -0.478 e. The smallest absolute Gasteiger partial charge is 0.218 e. The molecule has 0 saturated heterocycles. The third kappa shape index (κ3) is 9.89. The van der Waals surface area contributed by atoms with E-state index in [1.165, 1.54) is 0 Å². The second-order valence-electron chi connectivity index (χ2n) is 5.33. The monoisotopic (exact) mass is 352 g/mol. The summed E-state index contributed by atoms with van der Waals surface area (Å²) in [5.74, 6) is 1.37. The number of hydrogen-bond acceptors (Lipinski definition) is 5. The third-order valence-electron chi connectivity index (χ3n) is 3.35. The van der Waals surface area contributed by atoms with Crippen molar-refractivity contribution in [3.63, 3.8) is 0 Å². The van der Waals surface area contributed by atoms with E-state index >= 15 is 0 Å². The van der Waals surface area contributed by atoms with Crippen LogP contribution in [0.3, 0.4) is 0 Å². The van der Waals surface area contributed by atoms with Gasteiger partial charge in [-0.25, -0.2) is 4.98 Å². The number of hydrogen-bond donors (Lipinski definition) is 2. The molecule has 0 radical (unpaired) electrons. The Kier molecular flexibility index (Phi) is 12.3. The molecule has 142 valence electrons. The van der Waals surface area contributed by atoms with Crippen LogP contribution < -0.4 is 15.4 Å². The lowest BCUT2D eigenvalue weighted by Gasteiger charge is -2.13. The van der Waals surface area contributed by atoms with Gasteiger partial charge < -0.3 is 24.8 Å². The van der Waals surface area contributed by atoms with E-state index in [0.29, 0.717) is 51.4 Å². The highest BCUT2D eigenvalue weighted by Crippen LogP contribution is 2.13. The maximum atomic E-state index is 5.52. The van der Waals surface area contributed by atoms with E-state index in [9.17, 15) is 0 Å². The molecule has 2 N–H and O–H groups in total.